The van der Waals surface area contributed by atoms with Crippen LogP contribution in [0.2, 0.25) is 0 Å². The van der Waals surface area contributed by atoms with Crippen LogP contribution < -0.4 is 5.32 Å². The normalized spacial score (nSPS) is 15.0. The van der Waals surface area contributed by atoms with Gasteiger partial charge in [-0.1, -0.05) is 23.4 Å². The Bertz CT molecular complexity index is 1280. The lowest BCUT2D eigenvalue weighted by Crippen LogP contribution is -2.57. The van der Waals surface area contributed by atoms with Crippen LogP contribution in [0, 0.1) is 20.2 Å². The fourth-order valence-electron chi connectivity index (χ4n) is 3.37. The first kappa shape index (κ1) is 30.3. The summed E-state index contributed by atoms with van der Waals surface area (Å²) in [5.41, 5.74) is -0.582. The second kappa shape index (κ2) is 14.2. The molecule has 1 N–H and O–H groups in total. The number of alkyl halides is 1. The Morgan fingerprint density at radius 1 is 0.975 bits per heavy atom. The minimum atomic E-state index is -1.45. The summed E-state index contributed by atoms with van der Waals surface area (Å²) in [6.07, 6.45) is -0.335. The van der Waals surface area contributed by atoms with Crippen molar-refractivity contribution >= 4 is 57.8 Å². The Morgan fingerprint density at radius 3 is 2.00 bits per heavy atom. The number of hydrogen-bond acceptors (Lipinski definition) is 11. The number of nitro benzene ring substituents is 2. The van der Waals surface area contributed by atoms with Gasteiger partial charge in [0.1, 0.15) is 13.2 Å². The number of ether oxygens (including phenoxy) is 2. The number of benzene rings is 2. The van der Waals surface area contributed by atoms with E-state index in [0.29, 0.717) is 17.5 Å². The summed E-state index contributed by atoms with van der Waals surface area (Å²) in [4.78, 5) is 69.9. The van der Waals surface area contributed by atoms with Crippen LogP contribution in [0.5, 0.6) is 0 Å². The number of alkyl carbamates (subject to hydrolysis) is 1. The van der Waals surface area contributed by atoms with E-state index in [-0.39, 0.29) is 49.1 Å². The third-order valence-electron chi connectivity index (χ3n) is 5.53. The lowest BCUT2D eigenvalue weighted by Gasteiger charge is -2.41. The van der Waals surface area contributed by atoms with Gasteiger partial charge in [-0.15, -0.1) is 0 Å². The van der Waals surface area contributed by atoms with Crippen molar-refractivity contribution in [2.75, 3.05) is 6.54 Å². The monoisotopic (exact) mass is 594 g/mol. The maximum atomic E-state index is 12.3. The molecule has 40 heavy (non-hydrogen) atoms. The topological polar surface area (TPSA) is 188 Å². The first-order chi connectivity index (χ1) is 19.0. The number of halogens is 1. The van der Waals surface area contributed by atoms with Crippen molar-refractivity contribution < 1.29 is 38.5 Å². The van der Waals surface area contributed by atoms with Crippen molar-refractivity contribution in [3.63, 3.8) is 0 Å². The van der Waals surface area contributed by atoms with E-state index in [2.05, 4.69) is 5.32 Å². The Morgan fingerprint density at radius 2 is 1.50 bits per heavy atom. The highest BCUT2D eigenvalue weighted by atomic mass is 35.5. The third-order valence-corrected chi connectivity index (χ3v) is 7.05. The largest absolute Gasteiger partial charge is 0.458 e. The minimum absolute atomic E-state index is 0.0163. The molecule has 1 fully saturated rings. The number of β-lactam (4-membered cyclic amide) rings is 1. The Labute approximate surface area is 236 Å². The predicted molar refractivity (Wildman–Crippen MR) is 141 cm³/mol. The van der Waals surface area contributed by atoms with Gasteiger partial charge >= 0.3 is 12.1 Å². The molecule has 1 saturated heterocycles. The summed E-state index contributed by atoms with van der Waals surface area (Å²) in [5, 5.41) is 23.0. The molecule has 2 aromatic carbocycles. The van der Waals surface area contributed by atoms with Gasteiger partial charge in [-0.05, 0) is 41.8 Å². The molecule has 16 heteroatoms. The Balaban J connectivity index is 1.33. The summed E-state index contributed by atoms with van der Waals surface area (Å²) in [6.45, 7) is -0.145. The van der Waals surface area contributed by atoms with E-state index >= 15 is 0 Å². The van der Waals surface area contributed by atoms with Crippen LogP contribution in [0.4, 0.5) is 16.2 Å². The molecule has 1 aliphatic rings. The van der Waals surface area contributed by atoms with Crippen molar-refractivity contribution in [3.8, 4) is 0 Å². The second-order valence-electron chi connectivity index (χ2n) is 8.35. The number of non-ortho nitro benzene ring substituents is 2. The number of nitrogens with zero attached hydrogens (tertiary/aromatic N) is 3. The van der Waals surface area contributed by atoms with Gasteiger partial charge < -0.3 is 19.7 Å². The molecule has 2 aromatic rings. The predicted octanol–water partition coefficient (Wildman–Crippen LogP) is 3.64. The Kier molecular flexibility index (Phi) is 10.8. The maximum absolute atomic E-state index is 12.3. The van der Waals surface area contributed by atoms with Crippen LogP contribution >= 0.6 is 23.4 Å². The molecule has 1 unspecified atom stereocenters. The van der Waals surface area contributed by atoms with Crippen molar-refractivity contribution in [2.45, 2.75) is 43.4 Å². The van der Waals surface area contributed by atoms with Gasteiger partial charge in [0, 0.05) is 37.2 Å². The molecular weight excluding hydrogens is 572 g/mol. The summed E-state index contributed by atoms with van der Waals surface area (Å²) in [6, 6.07) is 10.9. The fraction of sp³-hybridized carbons (Fsp3) is 0.333. The van der Waals surface area contributed by atoms with Crippen molar-refractivity contribution in [3.05, 3.63) is 79.9 Å². The lowest BCUT2D eigenvalue weighted by atomic mass is 10.2. The van der Waals surface area contributed by atoms with E-state index in [9.17, 15) is 39.4 Å². The van der Waals surface area contributed by atoms with Crippen LogP contribution in [0.15, 0.2) is 48.5 Å². The Hall–Kier alpha value is -4.24. The highest BCUT2D eigenvalue weighted by molar-refractivity contribution is 8.14. The maximum Gasteiger partial charge on any atom is 0.407 e. The van der Waals surface area contributed by atoms with E-state index < -0.39 is 38.7 Å². The molecule has 212 valence electrons. The zero-order valence-electron chi connectivity index (χ0n) is 20.7. The molecule has 2 amide bonds. The van der Waals surface area contributed by atoms with Crippen LogP contribution in [-0.2, 0) is 37.1 Å². The molecule has 2 atom stereocenters. The van der Waals surface area contributed by atoms with Crippen LogP contribution in [0.25, 0.3) is 0 Å². The van der Waals surface area contributed by atoms with Gasteiger partial charge in [0.25, 0.3) is 11.4 Å². The fourth-order valence-corrected chi connectivity index (χ4v) is 4.89. The molecule has 0 saturated carbocycles. The van der Waals surface area contributed by atoms with Gasteiger partial charge in [-0.2, -0.15) is 0 Å². The number of nitrogens with one attached hydrogen (secondary N) is 1. The van der Waals surface area contributed by atoms with Crippen LogP contribution in [0.1, 0.15) is 30.4 Å². The number of carbonyl (C=O) groups is 4. The summed E-state index contributed by atoms with van der Waals surface area (Å²) in [7, 11) is 0. The number of hydrogen-bond donors (Lipinski definition) is 1. The highest BCUT2D eigenvalue weighted by Gasteiger charge is 2.45. The van der Waals surface area contributed by atoms with E-state index in [1.807, 2.05) is 0 Å². The van der Waals surface area contributed by atoms with Crippen LogP contribution in [-0.4, -0.2) is 55.3 Å². The number of amides is 2. The third kappa shape index (κ3) is 8.64. The number of carbonyl (C=O) groups excluding carboxylic acids is 4. The first-order valence-corrected chi connectivity index (χ1v) is 13.1. The second-order valence-corrected chi connectivity index (χ2v) is 10.00. The van der Waals surface area contributed by atoms with Crippen LogP contribution in [0.3, 0.4) is 0 Å². The highest BCUT2D eigenvalue weighted by Crippen LogP contribution is 2.34. The van der Waals surface area contributed by atoms with Gasteiger partial charge in [0.2, 0.25) is 11.4 Å². The summed E-state index contributed by atoms with van der Waals surface area (Å²) < 4.78 is 10.1. The van der Waals surface area contributed by atoms with Gasteiger partial charge in [-0.3, -0.25) is 29.8 Å². The van der Waals surface area contributed by atoms with E-state index in [4.69, 9.17) is 21.1 Å². The SMILES string of the molecule is O=C(NCCCC(=O)S[C@H]1CC(=O)N1C(Cl)C(=O)OCc1ccc([N+](=O)[O-])cc1)OCc1ccc([N+](=O)[O-])cc1. The molecule has 0 bridgehead atoms. The smallest absolute Gasteiger partial charge is 0.407 e. The minimum Gasteiger partial charge on any atom is -0.458 e. The van der Waals surface area contributed by atoms with E-state index in [1.54, 1.807) is 0 Å². The molecular formula is C24H23ClN4O10S. The lowest BCUT2D eigenvalue weighted by molar-refractivity contribution is -0.385. The number of nitro groups is 2. The molecule has 3 rings (SSSR count). The van der Waals surface area contributed by atoms with Gasteiger partial charge in [0.05, 0.1) is 21.6 Å². The molecule has 0 spiro atoms. The quantitative estimate of drug-likeness (QED) is 0.0678. The molecule has 0 radical (unpaired) electrons. The van der Waals surface area contributed by atoms with Crippen molar-refractivity contribution in [1.29, 1.82) is 0 Å². The molecule has 14 nitrogen and oxygen atoms in total. The zero-order chi connectivity index (χ0) is 29.2. The summed E-state index contributed by atoms with van der Waals surface area (Å²) in [5.74, 6) is -1.32. The zero-order valence-corrected chi connectivity index (χ0v) is 22.3. The average Bonchev–Trinajstić information content (AvgIpc) is 2.92. The summed E-state index contributed by atoms with van der Waals surface area (Å²) >= 11 is 6.97. The van der Waals surface area contributed by atoms with Crippen molar-refractivity contribution in [2.24, 2.45) is 0 Å². The van der Waals surface area contributed by atoms with Crippen molar-refractivity contribution in [1.82, 2.24) is 10.2 Å². The molecule has 0 aliphatic carbocycles. The molecule has 0 aromatic heterocycles. The standard InChI is InChI=1S/C24H23ClN4O10S/c25-22(23(32)38-13-15-3-7-17(8-4-15)28(34)35)27-19(30)12-20(27)40-21(31)2-1-11-26-24(33)39-14-16-5-9-18(10-6-16)29(36)37/h3-10,20,22H,1-2,11-14H2,(H,26,33)/t20-,22?/m0/s1. The van der Waals surface area contributed by atoms with E-state index in [0.717, 1.165) is 16.7 Å². The van der Waals surface area contributed by atoms with Gasteiger partial charge in [-0.25, -0.2) is 9.59 Å². The average molecular weight is 595 g/mol. The number of likely N-dealkylation sites (tertiary alicyclic amines) is 1. The molecule has 1 heterocycles. The van der Waals surface area contributed by atoms with E-state index in [1.165, 1.54) is 48.5 Å². The molecule has 1 aliphatic heterocycles. The first-order valence-electron chi connectivity index (χ1n) is 11.7. The number of rotatable bonds is 13. The number of thioether (sulfide) groups is 1. The van der Waals surface area contributed by atoms with Gasteiger partial charge in [0.15, 0.2) is 5.12 Å². The number of esters is 1.